The highest BCUT2D eigenvalue weighted by Gasteiger charge is 2.30. The first-order valence-electron chi connectivity index (χ1n) is 42.5. The Kier molecular flexibility index (Phi) is 73.5. The van der Waals surface area contributed by atoms with Gasteiger partial charge in [-0.25, -0.2) is 9.13 Å². The van der Waals surface area contributed by atoms with Crippen LogP contribution < -0.4 is 0 Å². The van der Waals surface area contributed by atoms with Crippen LogP contribution in [0.1, 0.15) is 420 Å². The van der Waals surface area contributed by atoms with Gasteiger partial charge in [0.15, 0.2) is 12.2 Å². The third-order valence-electron chi connectivity index (χ3n) is 18.9. The van der Waals surface area contributed by atoms with Gasteiger partial charge in [0.05, 0.1) is 26.4 Å². The molecule has 0 aliphatic rings. The highest BCUT2D eigenvalue weighted by Crippen LogP contribution is 2.45. The molecule has 0 saturated carbocycles. The van der Waals surface area contributed by atoms with Gasteiger partial charge in [0, 0.05) is 25.7 Å². The van der Waals surface area contributed by atoms with Crippen LogP contribution in [0.25, 0.3) is 0 Å². The number of esters is 4. The summed E-state index contributed by atoms with van der Waals surface area (Å²) in [5, 5.41) is 10.6. The predicted molar refractivity (Wildman–Crippen MR) is 418 cm³/mol. The van der Waals surface area contributed by atoms with Gasteiger partial charge in [-0.1, -0.05) is 367 Å². The smallest absolute Gasteiger partial charge is 0.462 e. The van der Waals surface area contributed by atoms with Crippen molar-refractivity contribution in [3.63, 3.8) is 0 Å². The molecule has 0 aromatic carbocycles. The van der Waals surface area contributed by atoms with Crippen molar-refractivity contribution in [1.29, 1.82) is 0 Å². The van der Waals surface area contributed by atoms with E-state index in [0.29, 0.717) is 31.6 Å². The van der Waals surface area contributed by atoms with Gasteiger partial charge in [-0.05, 0) is 57.3 Å². The number of phosphoric acid groups is 2. The fourth-order valence-corrected chi connectivity index (χ4v) is 14.0. The van der Waals surface area contributed by atoms with Gasteiger partial charge in [0.1, 0.15) is 19.3 Å². The van der Waals surface area contributed by atoms with Crippen molar-refractivity contribution in [2.24, 2.45) is 5.92 Å². The Labute approximate surface area is 624 Å². The van der Waals surface area contributed by atoms with Crippen LogP contribution in [-0.4, -0.2) is 96.7 Å². The van der Waals surface area contributed by atoms with Gasteiger partial charge in [-0.3, -0.25) is 37.3 Å². The molecule has 0 aromatic rings. The zero-order valence-corrected chi connectivity index (χ0v) is 68.0. The maximum absolute atomic E-state index is 13.1. The second-order valence-corrected chi connectivity index (χ2v) is 32.6. The lowest BCUT2D eigenvalue weighted by molar-refractivity contribution is -0.161. The molecule has 0 radical (unpaired) electrons. The zero-order chi connectivity index (χ0) is 74.8. The fourth-order valence-electron chi connectivity index (χ4n) is 12.4. The SMILES string of the molecule is CCCCCC/C=C\C=C/CCCCCCCC(=O)O[C@H](COC(=O)CCCCCCCCC(C)C)COP(=O)(O)OC[C@H](O)COP(=O)(O)OC[C@@H](COC(=O)CCCCCCCCCCCCCCCCCC)OC(=O)CCCCCCCCCCCCCCCCCCCCCCCC. The molecule has 2 unspecified atom stereocenters. The van der Waals surface area contributed by atoms with Gasteiger partial charge in [-0.2, -0.15) is 0 Å². The molecule has 5 atom stereocenters. The molecule has 0 heterocycles. The summed E-state index contributed by atoms with van der Waals surface area (Å²) in [7, 11) is -9.93. The highest BCUT2D eigenvalue weighted by molar-refractivity contribution is 7.47. The second-order valence-electron chi connectivity index (χ2n) is 29.7. The molecular weight excluding hydrogens is 1330 g/mol. The lowest BCUT2D eigenvalue weighted by Crippen LogP contribution is -2.30. The monoisotopic (exact) mass is 1490 g/mol. The van der Waals surface area contributed by atoms with Crippen LogP contribution in [0.4, 0.5) is 0 Å². The molecule has 3 N–H and O–H groups in total. The Hall–Kier alpha value is -2.46. The number of carbonyl (C=O) groups is 4. The van der Waals surface area contributed by atoms with E-state index in [2.05, 4.69) is 58.9 Å². The summed E-state index contributed by atoms with van der Waals surface area (Å²) < 4.78 is 68.7. The third-order valence-corrected chi connectivity index (χ3v) is 20.8. The summed E-state index contributed by atoms with van der Waals surface area (Å²) in [6, 6.07) is 0. The van der Waals surface area contributed by atoms with Crippen molar-refractivity contribution in [1.82, 2.24) is 0 Å². The summed E-state index contributed by atoms with van der Waals surface area (Å²) in [6.45, 7) is 7.18. The molecule has 0 fully saturated rings. The van der Waals surface area contributed by atoms with Crippen LogP contribution in [-0.2, 0) is 65.4 Å². The van der Waals surface area contributed by atoms with Crippen molar-refractivity contribution in [3.8, 4) is 0 Å². The Morgan fingerprint density at radius 1 is 0.304 bits per heavy atom. The van der Waals surface area contributed by atoms with Crippen molar-refractivity contribution >= 4 is 39.5 Å². The minimum absolute atomic E-state index is 0.0844. The number of rotatable bonds is 81. The molecule has 102 heavy (non-hydrogen) atoms. The molecule has 602 valence electrons. The van der Waals surface area contributed by atoms with Gasteiger partial charge in [-0.15, -0.1) is 0 Å². The number of hydrogen-bond acceptors (Lipinski definition) is 15. The highest BCUT2D eigenvalue weighted by atomic mass is 31.2. The molecule has 0 rings (SSSR count). The minimum Gasteiger partial charge on any atom is -0.462 e. The van der Waals surface area contributed by atoms with Crippen molar-refractivity contribution < 1.29 is 80.2 Å². The van der Waals surface area contributed by atoms with Crippen molar-refractivity contribution in [3.05, 3.63) is 24.3 Å². The van der Waals surface area contributed by atoms with Crippen LogP contribution in [0.15, 0.2) is 24.3 Å². The van der Waals surface area contributed by atoms with E-state index in [1.165, 1.54) is 225 Å². The minimum atomic E-state index is -4.97. The van der Waals surface area contributed by atoms with E-state index in [0.717, 1.165) is 109 Å². The van der Waals surface area contributed by atoms with Crippen molar-refractivity contribution in [2.45, 2.75) is 438 Å². The van der Waals surface area contributed by atoms with E-state index in [9.17, 15) is 43.2 Å². The van der Waals surface area contributed by atoms with E-state index in [4.69, 9.17) is 37.0 Å². The van der Waals surface area contributed by atoms with E-state index < -0.39 is 97.5 Å². The van der Waals surface area contributed by atoms with E-state index in [1.54, 1.807) is 0 Å². The summed E-state index contributed by atoms with van der Waals surface area (Å²) >= 11 is 0. The molecule has 0 aliphatic carbocycles. The molecule has 17 nitrogen and oxygen atoms in total. The first-order valence-corrected chi connectivity index (χ1v) is 45.4. The second kappa shape index (κ2) is 75.4. The average molecular weight is 1490 g/mol. The molecule has 0 bridgehead atoms. The number of aliphatic hydroxyl groups is 1. The van der Waals surface area contributed by atoms with Crippen LogP contribution >= 0.6 is 15.6 Å². The standard InChI is InChI=1S/C83H158O17P2/c1-6-9-12-15-18-21-24-27-30-32-33-34-35-36-37-40-43-46-49-52-59-64-68-82(87)99-78(72-93-80(85)66-61-56-50-47-44-41-39-31-28-25-22-19-16-13-10-7-2)74-97-101(89,90)95-70-77(84)71-96-102(91,92)98-75-79(73-94-81(86)67-62-57-54-53-55-60-65-76(4)5)100-83(88)69-63-58-51-48-45-42-38-29-26-23-20-17-14-11-8-3/h23,26,29,38,76-79,84H,6-22,24-25,27-28,30-37,39-75H2,1-5H3,(H,89,90)(H,91,92)/b26-23-,38-29-/t77-,78-,79-/m1/s1. The first-order chi connectivity index (χ1) is 49.5. The summed E-state index contributed by atoms with van der Waals surface area (Å²) in [4.78, 5) is 73.0. The van der Waals surface area contributed by atoms with E-state index in [1.807, 2.05) is 0 Å². The van der Waals surface area contributed by atoms with E-state index >= 15 is 0 Å². The lowest BCUT2D eigenvalue weighted by Gasteiger charge is -2.21. The number of ether oxygens (including phenoxy) is 4. The van der Waals surface area contributed by atoms with Crippen molar-refractivity contribution in [2.75, 3.05) is 39.6 Å². The van der Waals surface area contributed by atoms with Gasteiger partial charge < -0.3 is 33.8 Å². The van der Waals surface area contributed by atoms with E-state index in [-0.39, 0.29) is 25.7 Å². The molecule has 0 amide bonds. The zero-order valence-electron chi connectivity index (χ0n) is 66.2. The lowest BCUT2D eigenvalue weighted by atomic mass is 10.0. The Balaban J connectivity index is 5.23. The molecule has 0 spiro atoms. The quantitative estimate of drug-likeness (QED) is 0.0169. The average Bonchev–Trinajstić information content (AvgIpc) is 0.911. The molecule has 0 aromatic heterocycles. The largest absolute Gasteiger partial charge is 0.472 e. The maximum Gasteiger partial charge on any atom is 0.472 e. The Bertz CT molecular complexity index is 2040. The number of allylic oxidation sites excluding steroid dienone is 4. The third kappa shape index (κ3) is 75.8. The number of hydrogen-bond donors (Lipinski definition) is 3. The number of unbranched alkanes of at least 4 members (excludes halogenated alkanes) is 50. The summed E-state index contributed by atoms with van der Waals surface area (Å²) in [5.41, 5.74) is 0. The normalized spacial score (nSPS) is 14.0. The molecule has 0 aliphatic heterocycles. The molecule has 19 heteroatoms. The van der Waals surface area contributed by atoms with Crippen LogP contribution in [0.3, 0.4) is 0 Å². The predicted octanol–water partition coefficient (Wildman–Crippen LogP) is 24.8. The maximum atomic E-state index is 13.1. The Morgan fingerprint density at radius 3 is 0.804 bits per heavy atom. The molecular formula is C83H158O17P2. The summed E-state index contributed by atoms with van der Waals surface area (Å²) in [6.07, 6.45) is 70.5. The molecule has 0 saturated heterocycles. The Morgan fingerprint density at radius 2 is 0.529 bits per heavy atom. The summed E-state index contributed by atoms with van der Waals surface area (Å²) in [5.74, 6) is -1.46. The van der Waals surface area contributed by atoms with Gasteiger partial charge in [0.2, 0.25) is 0 Å². The van der Waals surface area contributed by atoms with Gasteiger partial charge in [0.25, 0.3) is 0 Å². The fraction of sp³-hybridized carbons (Fsp3) is 0.904. The number of aliphatic hydroxyl groups excluding tert-OH is 1. The first kappa shape index (κ1) is 99.5. The van der Waals surface area contributed by atoms with Crippen LogP contribution in [0.2, 0.25) is 0 Å². The number of carbonyl (C=O) groups excluding carboxylic acids is 4. The van der Waals surface area contributed by atoms with Crippen LogP contribution in [0, 0.1) is 5.92 Å². The number of phosphoric ester groups is 2. The van der Waals surface area contributed by atoms with Gasteiger partial charge >= 0.3 is 39.5 Å². The van der Waals surface area contributed by atoms with Crippen LogP contribution in [0.5, 0.6) is 0 Å². The topological polar surface area (TPSA) is 237 Å².